The van der Waals surface area contributed by atoms with Crippen LogP contribution < -0.4 is 0 Å². The van der Waals surface area contributed by atoms with Crippen molar-refractivity contribution in [1.29, 1.82) is 0 Å². The van der Waals surface area contributed by atoms with Crippen molar-refractivity contribution in [1.82, 2.24) is 9.29 Å². The maximum absolute atomic E-state index is 13.0. The first-order chi connectivity index (χ1) is 12.3. The van der Waals surface area contributed by atoms with E-state index in [0.717, 1.165) is 28.4 Å². The summed E-state index contributed by atoms with van der Waals surface area (Å²) in [6, 6.07) is 13.2. The van der Waals surface area contributed by atoms with Crippen molar-refractivity contribution >= 4 is 30.8 Å². The van der Waals surface area contributed by atoms with Crippen LogP contribution in [0.3, 0.4) is 0 Å². The predicted octanol–water partition coefficient (Wildman–Crippen LogP) is 2.32. The highest BCUT2D eigenvalue weighted by atomic mass is 32.2. The number of para-hydroxylation sites is 1. The molecule has 1 aliphatic heterocycles. The zero-order chi connectivity index (χ0) is 18.5. The van der Waals surface area contributed by atoms with Crippen LogP contribution in [0.4, 0.5) is 0 Å². The van der Waals surface area contributed by atoms with Gasteiger partial charge < -0.3 is 4.98 Å². The molecule has 0 bridgehead atoms. The van der Waals surface area contributed by atoms with Gasteiger partial charge in [-0.2, -0.15) is 4.31 Å². The Bertz CT molecular complexity index is 1190. The highest BCUT2D eigenvalue weighted by Gasteiger charge is 2.30. The Morgan fingerprint density at radius 1 is 0.923 bits per heavy atom. The maximum atomic E-state index is 13.0. The van der Waals surface area contributed by atoms with E-state index in [9.17, 15) is 16.8 Å². The van der Waals surface area contributed by atoms with Crippen LogP contribution >= 0.6 is 0 Å². The molecule has 4 rings (SSSR count). The molecule has 8 heteroatoms. The average Bonchev–Trinajstić information content (AvgIpc) is 2.99. The minimum Gasteiger partial charge on any atom is -0.358 e. The lowest BCUT2D eigenvalue weighted by atomic mass is 10.1. The Morgan fingerprint density at radius 3 is 2.27 bits per heavy atom. The average molecular weight is 390 g/mol. The van der Waals surface area contributed by atoms with Gasteiger partial charge >= 0.3 is 0 Å². The molecule has 0 aliphatic carbocycles. The van der Waals surface area contributed by atoms with Gasteiger partial charge in [0.25, 0.3) is 0 Å². The molecule has 0 amide bonds. The maximum Gasteiger partial charge on any atom is 0.243 e. The number of fused-ring (bicyclic) bond motifs is 3. The highest BCUT2D eigenvalue weighted by molar-refractivity contribution is 7.90. The molecule has 0 saturated carbocycles. The van der Waals surface area contributed by atoms with Gasteiger partial charge in [0.2, 0.25) is 10.0 Å². The number of nitrogens with zero attached hydrogens (tertiary/aromatic N) is 1. The topological polar surface area (TPSA) is 87.3 Å². The SMILES string of the molecule is CS(=O)(=O)c1ccc(S(=O)(=O)N2CCc3[nH]c4ccccc4c3C2)cc1. The van der Waals surface area contributed by atoms with Crippen molar-refractivity contribution in [3.63, 3.8) is 0 Å². The molecule has 2 aromatic carbocycles. The summed E-state index contributed by atoms with van der Waals surface area (Å²) in [5.41, 5.74) is 3.09. The normalized spacial score (nSPS) is 15.9. The van der Waals surface area contributed by atoms with Crippen molar-refractivity contribution in [2.75, 3.05) is 12.8 Å². The molecule has 1 aliphatic rings. The smallest absolute Gasteiger partial charge is 0.243 e. The third-order valence-corrected chi connectivity index (χ3v) is 7.73. The minimum atomic E-state index is -3.69. The summed E-state index contributed by atoms with van der Waals surface area (Å²) in [7, 11) is -7.05. The van der Waals surface area contributed by atoms with E-state index in [-0.39, 0.29) is 9.79 Å². The summed E-state index contributed by atoms with van der Waals surface area (Å²) in [6.45, 7) is 0.686. The van der Waals surface area contributed by atoms with E-state index in [1.54, 1.807) is 0 Å². The molecule has 1 N–H and O–H groups in total. The Morgan fingerprint density at radius 2 is 1.58 bits per heavy atom. The number of aromatic amines is 1. The number of sulfone groups is 1. The third kappa shape index (κ3) is 2.84. The first kappa shape index (κ1) is 17.3. The molecule has 0 fully saturated rings. The van der Waals surface area contributed by atoms with E-state index >= 15 is 0 Å². The van der Waals surface area contributed by atoms with E-state index in [2.05, 4.69) is 4.98 Å². The van der Waals surface area contributed by atoms with Gasteiger partial charge in [-0.15, -0.1) is 0 Å². The van der Waals surface area contributed by atoms with Gasteiger partial charge in [-0.05, 0) is 35.9 Å². The van der Waals surface area contributed by atoms with Crippen LogP contribution in [0.1, 0.15) is 11.3 Å². The van der Waals surface area contributed by atoms with Crippen LogP contribution in [0.25, 0.3) is 10.9 Å². The quantitative estimate of drug-likeness (QED) is 0.743. The van der Waals surface area contributed by atoms with Crippen LogP contribution in [0.5, 0.6) is 0 Å². The second kappa shape index (κ2) is 5.94. The number of hydrogen-bond donors (Lipinski definition) is 1. The van der Waals surface area contributed by atoms with E-state index < -0.39 is 19.9 Å². The van der Waals surface area contributed by atoms with Gasteiger partial charge in [-0.1, -0.05) is 18.2 Å². The number of aromatic nitrogens is 1. The van der Waals surface area contributed by atoms with E-state index in [4.69, 9.17) is 0 Å². The number of sulfonamides is 1. The van der Waals surface area contributed by atoms with Crippen molar-refractivity contribution in [2.24, 2.45) is 0 Å². The van der Waals surface area contributed by atoms with Crippen LogP contribution in [0.15, 0.2) is 58.3 Å². The lowest BCUT2D eigenvalue weighted by Crippen LogP contribution is -2.35. The van der Waals surface area contributed by atoms with Gasteiger partial charge in [-0.3, -0.25) is 0 Å². The van der Waals surface area contributed by atoms with Gasteiger partial charge in [-0.25, -0.2) is 16.8 Å². The van der Waals surface area contributed by atoms with Crippen LogP contribution in [-0.4, -0.2) is 38.9 Å². The molecule has 0 radical (unpaired) electrons. The first-order valence-electron chi connectivity index (χ1n) is 8.15. The number of benzene rings is 2. The van der Waals surface area contributed by atoms with E-state index in [1.807, 2.05) is 24.3 Å². The fourth-order valence-corrected chi connectivity index (χ4v) is 5.39. The highest BCUT2D eigenvalue weighted by Crippen LogP contribution is 2.30. The largest absolute Gasteiger partial charge is 0.358 e. The lowest BCUT2D eigenvalue weighted by Gasteiger charge is -2.26. The molecule has 0 unspecified atom stereocenters. The monoisotopic (exact) mass is 390 g/mol. The Hall–Kier alpha value is -2.16. The van der Waals surface area contributed by atoms with Crippen LogP contribution in [0.2, 0.25) is 0 Å². The number of nitrogens with one attached hydrogen (secondary N) is 1. The number of H-pyrrole nitrogens is 1. The molecule has 26 heavy (non-hydrogen) atoms. The Labute approximate surface area is 152 Å². The molecule has 0 saturated heterocycles. The number of hydrogen-bond acceptors (Lipinski definition) is 4. The molecular weight excluding hydrogens is 372 g/mol. The second-order valence-corrected chi connectivity index (χ2v) is 10.4. The molecule has 136 valence electrons. The molecule has 3 aromatic rings. The van der Waals surface area contributed by atoms with Crippen LogP contribution in [0, 0.1) is 0 Å². The molecule has 0 spiro atoms. The Balaban J connectivity index is 1.69. The lowest BCUT2D eigenvalue weighted by molar-refractivity contribution is 0.391. The Kier molecular flexibility index (Phi) is 3.94. The fourth-order valence-electron chi connectivity index (χ4n) is 3.35. The van der Waals surface area contributed by atoms with Crippen molar-refractivity contribution in [3.8, 4) is 0 Å². The molecular formula is C18H18N2O4S2. The predicted molar refractivity (Wildman–Crippen MR) is 99.2 cm³/mol. The summed E-state index contributed by atoms with van der Waals surface area (Å²) in [5, 5.41) is 1.04. The van der Waals surface area contributed by atoms with E-state index in [1.165, 1.54) is 28.6 Å². The minimum absolute atomic E-state index is 0.105. The second-order valence-electron chi connectivity index (χ2n) is 6.46. The summed E-state index contributed by atoms with van der Waals surface area (Å²) in [5.74, 6) is 0. The van der Waals surface area contributed by atoms with Gasteiger partial charge in [0.1, 0.15) is 0 Å². The molecule has 2 heterocycles. The molecule has 0 atom stereocenters. The van der Waals surface area contributed by atoms with Crippen molar-refractivity contribution in [3.05, 3.63) is 59.8 Å². The fraction of sp³-hybridized carbons (Fsp3) is 0.222. The summed E-state index contributed by atoms with van der Waals surface area (Å²) in [4.78, 5) is 3.57. The van der Waals surface area contributed by atoms with Gasteiger partial charge in [0.15, 0.2) is 9.84 Å². The van der Waals surface area contributed by atoms with Crippen molar-refractivity contribution in [2.45, 2.75) is 22.8 Å². The summed E-state index contributed by atoms with van der Waals surface area (Å²) >= 11 is 0. The third-order valence-electron chi connectivity index (χ3n) is 4.74. The zero-order valence-electron chi connectivity index (χ0n) is 14.1. The standard InChI is InChI=1S/C18H18N2O4S2/c1-25(21,22)13-6-8-14(9-7-13)26(23,24)20-11-10-18-16(12-20)15-4-2-3-5-17(15)19-18/h2-9,19H,10-12H2,1H3. The number of rotatable bonds is 3. The van der Waals surface area contributed by atoms with Gasteiger partial charge in [0, 0.05) is 42.4 Å². The first-order valence-corrected chi connectivity index (χ1v) is 11.5. The summed E-state index contributed by atoms with van der Waals surface area (Å²) in [6.07, 6.45) is 1.71. The van der Waals surface area contributed by atoms with Crippen LogP contribution in [-0.2, 0) is 32.8 Å². The molecule has 1 aromatic heterocycles. The molecule has 6 nitrogen and oxygen atoms in total. The van der Waals surface area contributed by atoms with E-state index in [0.29, 0.717) is 19.5 Å². The summed E-state index contributed by atoms with van der Waals surface area (Å²) < 4.78 is 50.5. The zero-order valence-corrected chi connectivity index (χ0v) is 15.8. The van der Waals surface area contributed by atoms with Crippen molar-refractivity contribution < 1.29 is 16.8 Å². The van der Waals surface area contributed by atoms with Gasteiger partial charge in [0.05, 0.1) is 9.79 Å².